The molecule has 0 heterocycles. The summed E-state index contributed by atoms with van der Waals surface area (Å²) in [6, 6.07) is -0.455. The van der Waals surface area contributed by atoms with Gasteiger partial charge in [0.25, 0.3) is 0 Å². The van der Waals surface area contributed by atoms with E-state index in [0.29, 0.717) is 24.3 Å². The van der Waals surface area contributed by atoms with Crippen LogP contribution in [0.3, 0.4) is 0 Å². The van der Waals surface area contributed by atoms with Crippen molar-refractivity contribution in [3.8, 4) is 0 Å². The van der Waals surface area contributed by atoms with Crippen LogP contribution >= 0.6 is 0 Å². The molecule has 6 N–H and O–H groups in total. The maximum atomic E-state index is 13.3. The van der Waals surface area contributed by atoms with E-state index in [9.17, 15) is 19.8 Å². The van der Waals surface area contributed by atoms with Crippen molar-refractivity contribution in [2.75, 3.05) is 0 Å². The molecule has 0 aromatic heterocycles. The number of rotatable bonds is 3. The Bertz CT molecular complexity index is 1190. The Hall–Kier alpha value is -1.70. The molecule has 7 heteroatoms. The standard InChI is InChI=1S/C35H54N2O5/c1-19(38)42-26-18-35(4)30(29(26)28(32(40)41)22-11-7-10-21(16-22)20-8-5-6-9-20)24(36)17-27-33(2)14-13-25(39)31(37)23(33)12-15-34(27,35)3/h22-27,30-31,39H,5-18,36-37H2,1-4H3,(H,40,41)/b29-28+/t22?,23-,24+,25+,26-,27-,30-,31-,33-,34-,35-/m0/s1. The van der Waals surface area contributed by atoms with E-state index in [-0.39, 0.29) is 52.1 Å². The predicted molar refractivity (Wildman–Crippen MR) is 162 cm³/mol. The molecule has 6 saturated carbocycles. The zero-order valence-electron chi connectivity index (χ0n) is 26.3. The van der Waals surface area contributed by atoms with Gasteiger partial charge in [-0.1, -0.05) is 31.9 Å². The Balaban J connectivity index is 1.45. The number of carbonyl (C=O) groups excluding carboxylic acids is 1. The third kappa shape index (κ3) is 4.46. The van der Waals surface area contributed by atoms with Crippen LogP contribution in [0.25, 0.3) is 0 Å². The molecule has 0 aromatic carbocycles. The number of aliphatic hydroxyl groups excluding tert-OH is 1. The lowest BCUT2D eigenvalue weighted by Crippen LogP contribution is -2.67. The highest BCUT2D eigenvalue weighted by Crippen LogP contribution is 2.74. The van der Waals surface area contributed by atoms with Crippen LogP contribution in [0.5, 0.6) is 0 Å². The van der Waals surface area contributed by atoms with E-state index in [1.165, 1.54) is 25.3 Å². The number of esters is 1. The quantitative estimate of drug-likeness (QED) is 0.192. The number of allylic oxidation sites excluding steroid dienone is 2. The molecule has 42 heavy (non-hydrogen) atoms. The summed E-state index contributed by atoms with van der Waals surface area (Å²) in [7, 11) is 0. The van der Waals surface area contributed by atoms with E-state index in [2.05, 4.69) is 20.8 Å². The first-order valence-corrected chi connectivity index (χ1v) is 16.8. The number of aliphatic carboxylic acids is 1. The minimum atomic E-state index is -0.864. The number of carbonyl (C=O) groups is 2. The molecule has 234 valence electrons. The van der Waals surface area contributed by atoms with Gasteiger partial charge in [0.05, 0.1) is 6.10 Å². The van der Waals surface area contributed by atoms with Crippen LogP contribution in [0.2, 0.25) is 0 Å². The van der Waals surface area contributed by atoms with Crippen molar-refractivity contribution in [3.05, 3.63) is 22.3 Å². The van der Waals surface area contributed by atoms with Crippen LogP contribution in [0, 0.1) is 39.9 Å². The first kappa shape index (κ1) is 30.3. The Morgan fingerprint density at radius 1 is 0.929 bits per heavy atom. The molecular weight excluding hydrogens is 528 g/mol. The van der Waals surface area contributed by atoms with Gasteiger partial charge in [-0.2, -0.15) is 0 Å². The highest BCUT2D eigenvalue weighted by Gasteiger charge is 2.70. The van der Waals surface area contributed by atoms with Crippen LogP contribution in [0.1, 0.15) is 118 Å². The summed E-state index contributed by atoms with van der Waals surface area (Å²) in [6.07, 6.45) is 12.5. The molecule has 0 amide bonds. The van der Waals surface area contributed by atoms with E-state index in [0.717, 1.165) is 69.8 Å². The minimum Gasteiger partial charge on any atom is -0.478 e. The highest BCUT2D eigenvalue weighted by atomic mass is 16.5. The van der Waals surface area contributed by atoms with Crippen molar-refractivity contribution in [3.63, 3.8) is 0 Å². The fourth-order valence-electron chi connectivity index (χ4n) is 11.9. The summed E-state index contributed by atoms with van der Waals surface area (Å²) < 4.78 is 6.08. The number of ether oxygens (including phenoxy) is 1. The highest BCUT2D eigenvalue weighted by molar-refractivity contribution is 5.89. The molecule has 0 aromatic rings. The molecule has 6 aliphatic rings. The number of hydrogen-bond acceptors (Lipinski definition) is 6. The van der Waals surface area contributed by atoms with E-state index in [1.54, 1.807) is 5.57 Å². The second-order valence-electron chi connectivity index (χ2n) is 15.8. The second-order valence-corrected chi connectivity index (χ2v) is 15.8. The van der Waals surface area contributed by atoms with Gasteiger partial charge in [0.15, 0.2) is 0 Å². The molecule has 1 unspecified atom stereocenters. The summed E-state index contributed by atoms with van der Waals surface area (Å²) in [5, 5.41) is 21.6. The van der Waals surface area contributed by atoms with E-state index < -0.39 is 18.2 Å². The first-order valence-electron chi connectivity index (χ1n) is 16.8. The summed E-state index contributed by atoms with van der Waals surface area (Å²) in [6.45, 7) is 8.55. The van der Waals surface area contributed by atoms with Gasteiger partial charge in [0.2, 0.25) is 0 Å². The number of aliphatic hydroxyl groups is 1. The molecule has 6 rings (SSSR count). The molecule has 0 spiro atoms. The van der Waals surface area contributed by atoms with Gasteiger partial charge in [-0.3, -0.25) is 4.79 Å². The lowest BCUT2D eigenvalue weighted by molar-refractivity contribution is -0.193. The van der Waals surface area contributed by atoms with Gasteiger partial charge in [0.1, 0.15) is 6.10 Å². The Morgan fingerprint density at radius 3 is 2.29 bits per heavy atom. The van der Waals surface area contributed by atoms with Gasteiger partial charge in [-0.25, -0.2) is 4.79 Å². The number of fused-ring (bicyclic) bond motifs is 5. The Morgan fingerprint density at radius 2 is 1.62 bits per heavy atom. The SMILES string of the molecule is CC(=O)O[C@H]1C[C@@]2(C)[C@H](/C1=C(/C(=O)O)C1CCCC(=C3CCCC3)C1)[C@H](N)C[C@H]1[C@@]3(C)CC[C@@H](O)[C@@H](N)[C@@H]3CC[C@@]12C. The fraction of sp³-hybridized carbons (Fsp3) is 0.829. The fourth-order valence-corrected chi connectivity index (χ4v) is 11.9. The Kier molecular flexibility index (Phi) is 7.75. The number of carboxylic acids is 1. The van der Waals surface area contributed by atoms with Crippen LogP contribution in [-0.2, 0) is 14.3 Å². The second kappa shape index (κ2) is 10.7. The first-order chi connectivity index (χ1) is 19.8. The molecule has 6 aliphatic carbocycles. The molecule has 6 fully saturated rings. The zero-order chi connectivity index (χ0) is 30.2. The molecule has 0 saturated heterocycles. The normalized spacial score (nSPS) is 48.3. The van der Waals surface area contributed by atoms with Crippen molar-refractivity contribution < 1.29 is 24.5 Å². The third-order valence-electron chi connectivity index (χ3n) is 14.0. The van der Waals surface area contributed by atoms with Crippen LogP contribution < -0.4 is 11.5 Å². The maximum absolute atomic E-state index is 13.3. The van der Waals surface area contributed by atoms with Crippen LogP contribution in [0.4, 0.5) is 0 Å². The molecule has 7 nitrogen and oxygen atoms in total. The minimum absolute atomic E-state index is 0.0397. The monoisotopic (exact) mass is 582 g/mol. The van der Waals surface area contributed by atoms with Crippen molar-refractivity contribution in [1.82, 2.24) is 0 Å². The van der Waals surface area contributed by atoms with Gasteiger partial charge < -0.3 is 26.4 Å². The summed E-state index contributed by atoms with van der Waals surface area (Å²) >= 11 is 0. The van der Waals surface area contributed by atoms with Gasteiger partial charge in [-0.05, 0) is 129 Å². The van der Waals surface area contributed by atoms with E-state index >= 15 is 0 Å². The van der Waals surface area contributed by atoms with Crippen molar-refractivity contribution in [2.24, 2.45) is 51.4 Å². The summed E-state index contributed by atoms with van der Waals surface area (Å²) in [5.74, 6) is -0.902. The molecule has 0 radical (unpaired) electrons. The van der Waals surface area contributed by atoms with E-state index in [1.807, 2.05) is 0 Å². The van der Waals surface area contributed by atoms with E-state index in [4.69, 9.17) is 16.2 Å². The van der Waals surface area contributed by atoms with Crippen LogP contribution in [0.15, 0.2) is 22.3 Å². The largest absolute Gasteiger partial charge is 0.478 e. The molecular formula is C35H54N2O5. The number of carboxylic acid groups (broad SMARTS) is 1. The average Bonchev–Trinajstić information content (AvgIpc) is 3.56. The van der Waals surface area contributed by atoms with Gasteiger partial charge in [0, 0.05) is 30.5 Å². The summed E-state index contributed by atoms with van der Waals surface area (Å²) in [5.41, 5.74) is 17.8. The van der Waals surface area contributed by atoms with Crippen LogP contribution in [-0.4, -0.2) is 46.4 Å². The lowest BCUT2D eigenvalue weighted by atomic mass is 9.37. The van der Waals surface area contributed by atoms with Gasteiger partial charge >= 0.3 is 11.9 Å². The zero-order valence-corrected chi connectivity index (χ0v) is 26.3. The number of nitrogens with two attached hydrogens (primary N) is 2. The van der Waals surface area contributed by atoms with Crippen molar-refractivity contribution in [2.45, 2.75) is 142 Å². The van der Waals surface area contributed by atoms with Gasteiger partial charge in [-0.15, -0.1) is 0 Å². The topological polar surface area (TPSA) is 136 Å². The molecule has 11 atom stereocenters. The predicted octanol–water partition coefficient (Wildman–Crippen LogP) is 5.64. The Labute approximate surface area is 251 Å². The maximum Gasteiger partial charge on any atom is 0.331 e. The third-order valence-corrected chi connectivity index (χ3v) is 14.0. The smallest absolute Gasteiger partial charge is 0.331 e. The summed E-state index contributed by atoms with van der Waals surface area (Å²) in [4.78, 5) is 25.8. The number of hydrogen-bond donors (Lipinski definition) is 4. The van der Waals surface area contributed by atoms with Crippen molar-refractivity contribution >= 4 is 11.9 Å². The van der Waals surface area contributed by atoms with Crippen molar-refractivity contribution in [1.29, 1.82) is 0 Å². The average molecular weight is 583 g/mol. The molecule has 0 aliphatic heterocycles. The molecule has 0 bridgehead atoms. The lowest BCUT2D eigenvalue weighted by Gasteiger charge is -2.68.